The van der Waals surface area contributed by atoms with Gasteiger partial charge in [0.1, 0.15) is 5.82 Å². The van der Waals surface area contributed by atoms with Crippen molar-refractivity contribution in [3.8, 4) is 0 Å². The molecule has 31 heavy (non-hydrogen) atoms. The molecule has 2 aromatic carbocycles. The molecule has 0 fully saturated rings. The monoisotopic (exact) mass is 418 g/mol. The van der Waals surface area contributed by atoms with Crippen LogP contribution in [0.4, 0.5) is 0 Å². The van der Waals surface area contributed by atoms with Gasteiger partial charge in [0.25, 0.3) is 5.56 Å². The normalized spacial score (nSPS) is 13.4. The first-order valence-corrected chi connectivity index (χ1v) is 10.5. The molecule has 0 spiro atoms. The van der Waals surface area contributed by atoms with E-state index in [0.717, 1.165) is 18.4 Å². The number of aliphatic hydroxyl groups excluding tert-OH is 1. The molecule has 0 aliphatic rings. The molecule has 160 valence electrons. The van der Waals surface area contributed by atoms with Crippen molar-refractivity contribution in [3.63, 3.8) is 0 Å². The Morgan fingerprint density at radius 1 is 0.968 bits per heavy atom. The Bertz CT molecular complexity index is 1260. The average Bonchev–Trinajstić information content (AvgIpc) is 3.09. The highest BCUT2D eigenvalue weighted by Crippen LogP contribution is 2.21. The third-order valence-electron chi connectivity index (χ3n) is 5.54. The molecule has 0 bridgehead atoms. The molecule has 0 aliphatic heterocycles. The summed E-state index contributed by atoms with van der Waals surface area (Å²) in [7, 11) is 0. The largest absolute Gasteiger partial charge is 0.391 e. The molecule has 7 heteroatoms. The van der Waals surface area contributed by atoms with Crippen molar-refractivity contribution in [2.45, 2.75) is 44.8 Å². The zero-order valence-electron chi connectivity index (χ0n) is 17.4. The van der Waals surface area contributed by atoms with Crippen LogP contribution in [0.1, 0.15) is 42.8 Å². The molecule has 0 amide bonds. The van der Waals surface area contributed by atoms with Crippen molar-refractivity contribution < 1.29 is 5.11 Å². The van der Waals surface area contributed by atoms with Crippen LogP contribution in [0.3, 0.4) is 0 Å². The van der Waals surface area contributed by atoms with Crippen LogP contribution in [0.25, 0.3) is 11.2 Å². The molecular formula is C24H26N4O3. The molecule has 0 saturated carbocycles. The van der Waals surface area contributed by atoms with Gasteiger partial charge in [0.2, 0.25) is 0 Å². The zero-order valence-corrected chi connectivity index (χ0v) is 17.4. The lowest BCUT2D eigenvalue weighted by Crippen LogP contribution is -2.30. The predicted octanol–water partition coefficient (Wildman–Crippen LogP) is 2.95. The summed E-state index contributed by atoms with van der Waals surface area (Å²) >= 11 is 0. The number of nitrogens with one attached hydrogen (secondary N) is 2. The molecule has 2 unspecified atom stereocenters. The van der Waals surface area contributed by atoms with Crippen LogP contribution in [-0.4, -0.2) is 30.7 Å². The van der Waals surface area contributed by atoms with Crippen LogP contribution in [0, 0.1) is 0 Å². The van der Waals surface area contributed by atoms with Crippen molar-refractivity contribution in [3.05, 3.63) is 98.5 Å². The lowest BCUT2D eigenvalue weighted by molar-refractivity contribution is 0.123. The fourth-order valence-electron chi connectivity index (χ4n) is 3.98. The van der Waals surface area contributed by atoms with Gasteiger partial charge < -0.3 is 10.1 Å². The van der Waals surface area contributed by atoms with Crippen molar-refractivity contribution in [1.29, 1.82) is 0 Å². The summed E-state index contributed by atoms with van der Waals surface area (Å²) in [6.07, 6.45) is 1.89. The maximum Gasteiger partial charge on any atom is 0.328 e. The minimum atomic E-state index is -0.772. The summed E-state index contributed by atoms with van der Waals surface area (Å²) in [5.41, 5.74) is 1.80. The number of hydrogen-bond donors (Lipinski definition) is 3. The van der Waals surface area contributed by atoms with Gasteiger partial charge in [0.15, 0.2) is 11.2 Å². The van der Waals surface area contributed by atoms with Gasteiger partial charge in [0, 0.05) is 6.42 Å². The number of rotatable bonds is 8. The van der Waals surface area contributed by atoms with E-state index in [1.54, 1.807) is 6.92 Å². The first-order chi connectivity index (χ1) is 15.0. The van der Waals surface area contributed by atoms with Crippen LogP contribution in [0.5, 0.6) is 0 Å². The third kappa shape index (κ3) is 4.67. The molecule has 0 saturated heterocycles. The Kier molecular flexibility index (Phi) is 6.13. The smallest absolute Gasteiger partial charge is 0.328 e. The predicted molar refractivity (Wildman–Crippen MR) is 120 cm³/mol. The fourth-order valence-corrected chi connectivity index (χ4v) is 3.98. The summed E-state index contributed by atoms with van der Waals surface area (Å²) in [6, 6.07) is 19.3. The lowest BCUT2D eigenvalue weighted by atomic mass is 10.0. The summed E-state index contributed by atoms with van der Waals surface area (Å²) < 4.78 is 1.44. The second kappa shape index (κ2) is 9.14. The summed E-state index contributed by atoms with van der Waals surface area (Å²) in [6.45, 7) is 1.66. The molecule has 4 rings (SSSR count). The van der Waals surface area contributed by atoms with E-state index < -0.39 is 17.8 Å². The number of nitrogens with zero attached hydrogens (tertiary/aromatic N) is 2. The van der Waals surface area contributed by atoms with E-state index >= 15 is 0 Å². The van der Waals surface area contributed by atoms with Crippen molar-refractivity contribution in [2.24, 2.45) is 0 Å². The SMILES string of the molecule is CC(O)C(CCCc1ccccc1)n1c(=O)[nH]c2c(=O)[nH]c(Cc3ccccc3)nc21. The first kappa shape index (κ1) is 20.8. The number of fused-ring (bicyclic) bond motifs is 1. The maximum absolute atomic E-state index is 12.7. The van der Waals surface area contributed by atoms with Crippen molar-refractivity contribution >= 4 is 11.2 Å². The summed E-state index contributed by atoms with van der Waals surface area (Å²) in [5, 5.41) is 10.5. The van der Waals surface area contributed by atoms with Gasteiger partial charge in [-0.25, -0.2) is 9.78 Å². The molecule has 0 radical (unpaired) electrons. The van der Waals surface area contributed by atoms with E-state index in [1.807, 2.05) is 48.5 Å². The van der Waals surface area contributed by atoms with Gasteiger partial charge in [-0.15, -0.1) is 0 Å². The van der Waals surface area contributed by atoms with Gasteiger partial charge in [-0.05, 0) is 37.3 Å². The number of benzene rings is 2. The summed E-state index contributed by atoms with van der Waals surface area (Å²) in [4.78, 5) is 35.3. The van der Waals surface area contributed by atoms with Gasteiger partial charge in [0.05, 0.1) is 12.1 Å². The molecule has 2 heterocycles. The summed E-state index contributed by atoms with van der Waals surface area (Å²) in [5.74, 6) is 0.477. The minimum absolute atomic E-state index is 0.135. The number of aromatic amines is 2. The number of aliphatic hydroxyl groups is 1. The van der Waals surface area contributed by atoms with E-state index in [0.29, 0.717) is 18.7 Å². The van der Waals surface area contributed by atoms with E-state index in [9.17, 15) is 14.7 Å². The number of imidazole rings is 1. The quantitative estimate of drug-likeness (QED) is 0.409. The Labute approximate surface area is 179 Å². The second-order valence-electron chi connectivity index (χ2n) is 7.86. The van der Waals surface area contributed by atoms with Crippen LogP contribution in [0.2, 0.25) is 0 Å². The zero-order chi connectivity index (χ0) is 21.8. The highest BCUT2D eigenvalue weighted by Gasteiger charge is 2.24. The highest BCUT2D eigenvalue weighted by atomic mass is 16.3. The first-order valence-electron chi connectivity index (χ1n) is 10.5. The minimum Gasteiger partial charge on any atom is -0.391 e. The lowest BCUT2D eigenvalue weighted by Gasteiger charge is -2.21. The standard InChI is InChI=1S/C24H26N4O3/c1-16(29)19(14-8-13-17-9-4-2-5-10-17)28-22-21(27-24(28)31)23(30)26-20(25-22)15-18-11-6-3-7-12-18/h2-7,9-12,16,19,29H,8,13-15H2,1H3,(H,27,31)(H,25,26,30). The number of hydrogen-bond acceptors (Lipinski definition) is 4. The molecule has 7 nitrogen and oxygen atoms in total. The fraction of sp³-hybridized carbons (Fsp3) is 0.292. The molecule has 4 aromatic rings. The van der Waals surface area contributed by atoms with Gasteiger partial charge in [-0.3, -0.25) is 14.3 Å². The molecule has 2 atom stereocenters. The van der Waals surface area contributed by atoms with Crippen LogP contribution >= 0.6 is 0 Å². The van der Waals surface area contributed by atoms with Crippen LogP contribution in [-0.2, 0) is 12.8 Å². The maximum atomic E-state index is 12.7. The van der Waals surface area contributed by atoms with E-state index in [2.05, 4.69) is 27.1 Å². The number of aryl methyl sites for hydroxylation is 1. The molecule has 3 N–H and O–H groups in total. The third-order valence-corrected chi connectivity index (χ3v) is 5.54. The average molecular weight is 418 g/mol. The highest BCUT2D eigenvalue weighted by molar-refractivity contribution is 5.69. The van der Waals surface area contributed by atoms with Gasteiger partial charge in [-0.2, -0.15) is 0 Å². The number of H-pyrrole nitrogens is 2. The second-order valence-corrected chi connectivity index (χ2v) is 7.86. The van der Waals surface area contributed by atoms with Crippen molar-refractivity contribution in [2.75, 3.05) is 0 Å². The van der Waals surface area contributed by atoms with E-state index in [4.69, 9.17) is 0 Å². The Balaban J connectivity index is 1.66. The molecule has 2 aromatic heterocycles. The van der Waals surface area contributed by atoms with Gasteiger partial charge in [-0.1, -0.05) is 60.7 Å². The van der Waals surface area contributed by atoms with Crippen LogP contribution in [0.15, 0.2) is 70.3 Å². The Hall–Kier alpha value is -3.45. The number of aromatic nitrogens is 4. The molecule has 0 aliphatic carbocycles. The van der Waals surface area contributed by atoms with Crippen molar-refractivity contribution in [1.82, 2.24) is 19.5 Å². The van der Waals surface area contributed by atoms with Crippen LogP contribution < -0.4 is 11.2 Å². The Morgan fingerprint density at radius 2 is 1.61 bits per heavy atom. The van der Waals surface area contributed by atoms with E-state index in [1.165, 1.54) is 10.1 Å². The topological polar surface area (TPSA) is 104 Å². The van der Waals surface area contributed by atoms with Gasteiger partial charge >= 0.3 is 5.69 Å². The molecular weight excluding hydrogens is 392 g/mol. The van der Waals surface area contributed by atoms with E-state index in [-0.39, 0.29) is 16.7 Å². The Morgan fingerprint density at radius 3 is 2.26 bits per heavy atom.